The first kappa shape index (κ1) is 22.2. The maximum absolute atomic E-state index is 13.3. The summed E-state index contributed by atoms with van der Waals surface area (Å²) in [5.41, 5.74) is 2.01. The van der Waals surface area contributed by atoms with Crippen LogP contribution in [0.4, 0.5) is 4.39 Å². The molecular weight excluding hydrogens is 457 g/mol. The standard InChI is InChI=1S/C25H22FN3O4S/c26-20-8-10-21(11-9-20)34(31,32)29-14-4-13-28(15-16-29)25(30)19-7-12-23-22(17-19)24(33-27-23)18-5-2-1-3-6-18/h1-3,5-12,17H,4,13-16H2. The van der Waals surface area contributed by atoms with Crippen LogP contribution in [0.25, 0.3) is 22.2 Å². The Kier molecular flexibility index (Phi) is 5.89. The zero-order valence-electron chi connectivity index (χ0n) is 18.2. The second kappa shape index (κ2) is 9.00. The van der Waals surface area contributed by atoms with E-state index in [1.54, 1.807) is 23.1 Å². The van der Waals surface area contributed by atoms with Gasteiger partial charge in [0.2, 0.25) is 10.0 Å². The number of hydrogen-bond acceptors (Lipinski definition) is 5. The molecule has 9 heteroatoms. The van der Waals surface area contributed by atoms with Gasteiger partial charge in [0.15, 0.2) is 5.76 Å². The molecule has 0 atom stereocenters. The molecule has 4 aromatic rings. The molecule has 1 amide bonds. The third-order valence-corrected chi connectivity index (χ3v) is 7.87. The van der Waals surface area contributed by atoms with Crippen LogP contribution in [0.15, 0.2) is 82.2 Å². The lowest BCUT2D eigenvalue weighted by molar-refractivity contribution is 0.0764. The smallest absolute Gasteiger partial charge is 0.253 e. The summed E-state index contributed by atoms with van der Waals surface area (Å²) in [4.78, 5) is 15.0. The fourth-order valence-corrected chi connectivity index (χ4v) is 5.62. The number of aromatic nitrogens is 1. The van der Waals surface area contributed by atoms with Crippen LogP contribution in [0.1, 0.15) is 16.8 Å². The van der Waals surface area contributed by atoms with Crippen molar-refractivity contribution < 1.29 is 22.1 Å². The van der Waals surface area contributed by atoms with E-state index in [0.29, 0.717) is 29.8 Å². The normalized spacial score (nSPS) is 15.4. The molecule has 0 aliphatic carbocycles. The number of carbonyl (C=O) groups is 1. The molecular formula is C25H22FN3O4S. The van der Waals surface area contributed by atoms with Gasteiger partial charge in [-0.1, -0.05) is 35.5 Å². The minimum absolute atomic E-state index is 0.0417. The summed E-state index contributed by atoms with van der Waals surface area (Å²) >= 11 is 0. The molecule has 5 rings (SSSR count). The summed E-state index contributed by atoms with van der Waals surface area (Å²) in [5.74, 6) is -0.0763. The Morgan fingerprint density at radius 1 is 0.912 bits per heavy atom. The number of hydrogen-bond donors (Lipinski definition) is 0. The molecule has 0 bridgehead atoms. The predicted octanol–water partition coefficient (Wildman–Crippen LogP) is 4.17. The molecule has 3 aromatic carbocycles. The zero-order valence-corrected chi connectivity index (χ0v) is 19.0. The lowest BCUT2D eigenvalue weighted by Gasteiger charge is -2.22. The highest BCUT2D eigenvalue weighted by molar-refractivity contribution is 7.89. The Balaban J connectivity index is 1.36. The molecule has 1 aliphatic rings. The van der Waals surface area contributed by atoms with Gasteiger partial charge in [0.25, 0.3) is 5.91 Å². The van der Waals surface area contributed by atoms with E-state index >= 15 is 0 Å². The van der Waals surface area contributed by atoms with Crippen molar-refractivity contribution in [3.8, 4) is 11.3 Å². The fourth-order valence-electron chi connectivity index (χ4n) is 4.15. The summed E-state index contributed by atoms with van der Waals surface area (Å²) in [6.45, 7) is 1.14. The van der Waals surface area contributed by atoms with Crippen LogP contribution < -0.4 is 0 Å². The van der Waals surface area contributed by atoms with E-state index in [-0.39, 0.29) is 30.4 Å². The number of benzene rings is 3. The van der Waals surface area contributed by atoms with Crippen molar-refractivity contribution in [2.75, 3.05) is 26.2 Å². The van der Waals surface area contributed by atoms with E-state index in [4.69, 9.17) is 4.52 Å². The molecule has 7 nitrogen and oxygen atoms in total. The van der Waals surface area contributed by atoms with E-state index in [0.717, 1.165) is 23.1 Å². The Hall–Kier alpha value is -3.56. The van der Waals surface area contributed by atoms with E-state index in [9.17, 15) is 17.6 Å². The van der Waals surface area contributed by atoms with Crippen LogP contribution in [-0.4, -0.2) is 54.9 Å². The molecule has 174 valence electrons. The Morgan fingerprint density at radius 3 is 2.44 bits per heavy atom. The van der Waals surface area contributed by atoms with Crippen LogP contribution in [0, 0.1) is 5.82 Å². The van der Waals surface area contributed by atoms with E-state index < -0.39 is 15.8 Å². The third-order valence-electron chi connectivity index (χ3n) is 5.95. The van der Waals surface area contributed by atoms with Crippen molar-refractivity contribution in [1.82, 2.24) is 14.4 Å². The van der Waals surface area contributed by atoms with Gasteiger partial charge in [-0.15, -0.1) is 0 Å². The first-order valence-corrected chi connectivity index (χ1v) is 12.4. The number of amides is 1. The molecule has 0 radical (unpaired) electrons. The van der Waals surface area contributed by atoms with Gasteiger partial charge in [-0.2, -0.15) is 4.31 Å². The molecule has 1 saturated heterocycles. The Morgan fingerprint density at radius 2 is 1.68 bits per heavy atom. The average Bonchev–Trinajstić information content (AvgIpc) is 3.11. The number of fused-ring (bicyclic) bond motifs is 1. The van der Waals surface area contributed by atoms with Crippen LogP contribution in [-0.2, 0) is 10.0 Å². The van der Waals surface area contributed by atoms with Gasteiger partial charge in [-0.25, -0.2) is 12.8 Å². The zero-order chi connectivity index (χ0) is 23.7. The van der Waals surface area contributed by atoms with Crippen LogP contribution in [0.5, 0.6) is 0 Å². The Labute approximate surface area is 196 Å². The largest absolute Gasteiger partial charge is 0.355 e. The monoisotopic (exact) mass is 479 g/mol. The number of halogens is 1. The molecule has 0 unspecified atom stereocenters. The summed E-state index contributed by atoms with van der Waals surface area (Å²) in [6.07, 6.45) is 0.497. The van der Waals surface area contributed by atoms with Gasteiger partial charge in [0.1, 0.15) is 11.3 Å². The van der Waals surface area contributed by atoms with Crippen LogP contribution >= 0.6 is 0 Å². The quantitative estimate of drug-likeness (QED) is 0.439. The summed E-state index contributed by atoms with van der Waals surface area (Å²) < 4.78 is 46.0. The minimum Gasteiger partial charge on any atom is -0.355 e. The lowest BCUT2D eigenvalue weighted by atomic mass is 10.1. The van der Waals surface area contributed by atoms with Crippen molar-refractivity contribution in [2.45, 2.75) is 11.3 Å². The van der Waals surface area contributed by atoms with Crippen molar-refractivity contribution in [1.29, 1.82) is 0 Å². The molecule has 0 spiro atoms. The van der Waals surface area contributed by atoms with Crippen molar-refractivity contribution >= 4 is 26.8 Å². The van der Waals surface area contributed by atoms with Gasteiger partial charge >= 0.3 is 0 Å². The van der Waals surface area contributed by atoms with Gasteiger partial charge in [0.05, 0.1) is 10.3 Å². The topological polar surface area (TPSA) is 83.7 Å². The predicted molar refractivity (Wildman–Crippen MR) is 125 cm³/mol. The second-order valence-electron chi connectivity index (χ2n) is 8.11. The van der Waals surface area contributed by atoms with Gasteiger partial charge < -0.3 is 9.42 Å². The van der Waals surface area contributed by atoms with Gasteiger partial charge in [0, 0.05) is 37.3 Å². The first-order chi connectivity index (χ1) is 16.4. The van der Waals surface area contributed by atoms with Crippen LogP contribution in [0.2, 0.25) is 0 Å². The molecule has 0 N–H and O–H groups in total. The van der Waals surface area contributed by atoms with Gasteiger partial charge in [-0.3, -0.25) is 4.79 Å². The highest BCUT2D eigenvalue weighted by Gasteiger charge is 2.29. The fraction of sp³-hybridized carbons (Fsp3) is 0.200. The van der Waals surface area contributed by atoms with Crippen LogP contribution in [0.3, 0.4) is 0 Å². The van der Waals surface area contributed by atoms with Crippen molar-refractivity contribution in [3.05, 3.63) is 84.2 Å². The summed E-state index contributed by atoms with van der Waals surface area (Å²) in [5, 5.41) is 4.84. The Bertz CT molecular complexity index is 1440. The van der Waals surface area contributed by atoms with Crippen molar-refractivity contribution in [2.24, 2.45) is 0 Å². The summed E-state index contributed by atoms with van der Waals surface area (Å²) in [6, 6.07) is 19.6. The minimum atomic E-state index is -3.77. The highest BCUT2D eigenvalue weighted by atomic mass is 32.2. The highest BCUT2D eigenvalue weighted by Crippen LogP contribution is 2.29. The molecule has 34 heavy (non-hydrogen) atoms. The summed E-state index contributed by atoms with van der Waals surface area (Å²) in [7, 11) is -3.77. The SMILES string of the molecule is O=C(c1ccc2noc(-c3ccccc3)c2c1)N1CCCN(S(=O)(=O)c2ccc(F)cc2)CC1. The second-order valence-corrected chi connectivity index (χ2v) is 10.1. The third kappa shape index (κ3) is 4.20. The molecule has 2 heterocycles. The molecule has 1 aromatic heterocycles. The first-order valence-electron chi connectivity index (χ1n) is 10.9. The van der Waals surface area contributed by atoms with E-state index in [1.165, 1.54) is 16.4 Å². The molecule has 1 fully saturated rings. The number of rotatable bonds is 4. The molecule has 0 saturated carbocycles. The number of carbonyl (C=O) groups excluding carboxylic acids is 1. The lowest BCUT2D eigenvalue weighted by Crippen LogP contribution is -2.37. The number of nitrogens with zero attached hydrogens (tertiary/aromatic N) is 3. The van der Waals surface area contributed by atoms with E-state index in [2.05, 4.69) is 5.16 Å². The number of sulfonamides is 1. The maximum atomic E-state index is 13.3. The van der Waals surface area contributed by atoms with E-state index in [1.807, 2.05) is 30.3 Å². The van der Waals surface area contributed by atoms with Gasteiger partial charge in [-0.05, 0) is 48.9 Å². The maximum Gasteiger partial charge on any atom is 0.253 e. The molecule has 1 aliphatic heterocycles. The van der Waals surface area contributed by atoms with Crippen molar-refractivity contribution in [3.63, 3.8) is 0 Å². The average molecular weight is 480 g/mol.